The van der Waals surface area contributed by atoms with Crippen molar-refractivity contribution in [2.24, 2.45) is 5.92 Å². The Morgan fingerprint density at radius 2 is 1.96 bits per heavy atom. The van der Waals surface area contributed by atoms with Gasteiger partial charge in [0.05, 0.1) is 12.4 Å². The van der Waals surface area contributed by atoms with Gasteiger partial charge in [-0.3, -0.25) is 4.79 Å². The van der Waals surface area contributed by atoms with Crippen LogP contribution in [0.1, 0.15) is 46.5 Å². The smallest absolute Gasteiger partial charge is 0.240 e. The lowest BCUT2D eigenvalue weighted by Gasteiger charge is -2.32. The molecule has 0 saturated heterocycles. The Labute approximate surface area is 144 Å². The van der Waals surface area contributed by atoms with Gasteiger partial charge in [-0.25, -0.2) is 0 Å². The maximum Gasteiger partial charge on any atom is 0.240 e. The number of ether oxygens (including phenoxy) is 1. The zero-order valence-corrected chi connectivity index (χ0v) is 15.6. The van der Waals surface area contributed by atoms with Crippen LogP contribution in [0.2, 0.25) is 0 Å². The molecule has 23 heavy (non-hydrogen) atoms. The molecule has 1 aromatic carbocycles. The molecular weight excluding hydrogens is 306 g/mol. The second-order valence-corrected chi connectivity index (χ2v) is 7.80. The average Bonchev–Trinajstić information content (AvgIpc) is 3.40. The summed E-state index contributed by atoms with van der Waals surface area (Å²) in [5.41, 5.74) is 0.984. The van der Waals surface area contributed by atoms with Crippen molar-refractivity contribution in [3.63, 3.8) is 0 Å². The van der Waals surface area contributed by atoms with E-state index in [4.69, 9.17) is 4.74 Å². The molecule has 0 N–H and O–H groups in total. The first-order valence-electron chi connectivity index (χ1n) is 8.67. The monoisotopic (exact) mass is 335 g/mol. The minimum atomic E-state index is 0.00449. The molecule has 1 amide bonds. The summed E-state index contributed by atoms with van der Waals surface area (Å²) in [6, 6.07) is 8.14. The van der Waals surface area contributed by atoms with Gasteiger partial charge >= 0.3 is 0 Å². The van der Waals surface area contributed by atoms with Gasteiger partial charge in [0, 0.05) is 11.7 Å². The minimum Gasteiger partial charge on any atom is -0.497 e. The molecule has 0 bridgehead atoms. The predicted octanol–water partition coefficient (Wildman–Crippen LogP) is 4.75. The van der Waals surface area contributed by atoms with Crippen LogP contribution in [-0.2, 0) is 4.79 Å². The molecule has 1 aliphatic rings. The van der Waals surface area contributed by atoms with Crippen molar-refractivity contribution in [2.75, 3.05) is 17.8 Å². The Kier molecular flexibility index (Phi) is 6.82. The van der Waals surface area contributed by atoms with Crippen LogP contribution in [-0.4, -0.2) is 30.1 Å². The molecule has 0 aliphatic heterocycles. The van der Waals surface area contributed by atoms with Crippen LogP contribution < -0.4 is 9.64 Å². The largest absolute Gasteiger partial charge is 0.497 e. The number of anilines is 1. The summed E-state index contributed by atoms with van der Waals surface area (Å²) in [4.78, 5) is 15.1. The number of carbonyl (C=O) groups is 1. The van der Waals surface area contributed by atoms with Crippen LogP contribution in [0, 0.1) is 5.92 Å². The molecule has 128 valence electrons. The maximum atomic E-state index is 13.0. The molecule has 0 spiro atoms. The van der Waals surface area contributed by atoms with Gasteiger partial charge in [-0.05, 0) is 69.0 Å². The Morgan fingerprint density at radius 1 is 1.30 bits per heavy atom. The van der Waals surface area contributed by atoms with E-state index in [0.29, 0.717) is 5.92 Å². The second-order valence-electron chi connectivity index (χ2n) is 6.35. The Balaban J connectivity index is 2.13. The highest BCUT2D eigenvalue weighted by Gasteiger charge is 2.36. The van der Waals surface area contributed by atoms with Gasteiger partial charge in [-0.2, -0.15) is 0 Å². The number of rotatable bonds is 9. The van der Waals surface area contributed by atoms with Crippen molar-refractivity contribution in [3.05, 3.63) is 24.3 Å². The van der Waals surface area contributed by atoms with Gasteiger partial charge in [0.25, 0.3) is 0 Å². The van der Waals surface area contributed by atoms with Crippen molar-refractivity contribution >= 4 is 23.4 Å². The van der Waals surface area contributed by atoms with Gasteiger partial charge in [-0.15, -0.1) is 11.8 Å². The van der Waals surface area contributed by atoms with Gasteiger partial charge in [0.2, 0.25) is 5.91 Å². The van der Waals surface area contributed by atoms with Crippen LogP contribution in [0.25, 0.3) is 0 Å². The molecule has 1 fully saturated rings. The molecule has 0 aromatic heterocycles. The summed E-state index contributed by atoms with van der Waals surface area (Å²) < 4.78 is 5.24. The molecule has 1 saturated carbocycles. The topological polar surface area (TPSA) is 29.5 Å². The van der Waals surface area contributed by atoms with Gasteiger partial charge in [-0.1, -0.05) is 13.3 Å². The maximum absolute atomic E-state index is 13.0. The normalized spacial score (nSPS) is 16.7. The van der Waals surface area contributed by atoms with Crippen LogP contribution in [0.5, 0.6) is 5.75 Å². The molecule has 0 heterocycles. The molecule has 0 radical (unpaired) electrons. The quantitative estimate of drug-likeness (QED) is 0.610. The fraction of sp³-hybridized carbons (Fsp3) is 0.632. The van der Waals surface area contributed by atoms with Crippen LogP contribution in [0.4, 0.5) is 5.69 Å². The third kappa shape index (κ3) is 4.90. The molecular formula is C19H29NO2S. The van der Waals surface area contributed by atoms with Gasteiger partial charge < -0.3 is 9.64 Å². The Hall–Kier alpha value is -1.16. The Morgan fingerprint density at radius 3 is 2.48 bits per heavy atom. The Bertz CT molecular complexity index is 499. The highest BCUT2D eigenvalue weighted by atomic mass is 32.2. The number of thioether (sulfide) groups is 1. The molecule has 1 aromatic rings. The lowest BCUT2D eigenvalue weighted by Crippen LogP contribution is -2.44. The highest BCUT2D eigenvalue weighted by molar-refractivity contribution is 8.00. The van der Waals surface area contributed by atoms with Crippen molar-refractivity contribution in [2.45, 2.75) is 57.7 Å². The second kappa shape index (κ2) is 8.62. The third-order valence-corrected chi connectivity index (χ3v) is 5.74. The summed E-state index contributed by atoms with van der Waals surface area (Å²) in [6.45, 7) is 6.41. The van der Waals surface area contributed by atoms with E-state index in [9.17, 15) is 4.79 Å². The third-order valence-electron chi connectivity index (χ3n) is 4.51. The SMILES string of the molecule is CCCCSC(C)C(=O)N(c1ccc(OC)cc1)C(C)C1CC1. The van der Waals surface area contributed by atoms with Crippen molar-refractivity contribution in [3.8, 4) is 5.75 Å². The number of carbonyl (C=O) groups excluding carboxylic acids is 1. The van der Waals surface area contributed by atoms with Crippen molar-refractivity contribution in [1.82, 2.24) is 0 Å². The molecule has 4 heteroatoms. The van der Waals surface area contributed by atoms with E-state index in [1.165, 1.54) is 25.7 Å². The van der Waals surface area contributed by atoms with E-state index in [1.54, 1.807) is 18.9 Å². The number of benzene rings is 1. The van der Waals surface area contributed by atoms with E-state index in [2.05, 4.69) is 13.8 Å². The zero-order chi connectivity index (χ0) is 16.8. The van der Waals surface area contributed by atoms with E-state index >= 15 is 0 Å². The first-order valence-corrected chi connectivity index (χ1v) is 9.72. The van der Waals surface area contributed by atoms with E-state index in [1.807, 2.05) is 36.1 Å². The lowest BCUT2D eigenvalue weighted by molar-refractivity contribution is -0.118. The van der Waals surface area contributed by atoms with Crippen LogP contribution in [0.3, 0.4) is 0 Å². The van der Waals surface area contributed by atoms with Crippen LogP contribution >= 0.6 is 11.8 Å². The summed E-state index contributed by atoms with van der Waals surface area (Å²) in [5.74, 6) is 2.76. The fourth-order valence-corrected chi connectivity index (χ4v) is 3.83. The minimum absolute atomic E-state index is 0.00449. The summed E-state index contributed by atoms with van der Waals surface area (Å²) in [6.07, 6.45) is 4.81. The lowest BCUT2D eigenvalue weighted by atomic mass is 10.1. The molecule has 2 unspecified atom stereocenters. The molecule has 1 aliphatic carbocycles. The average molecular weight is 336 g/mol. The van der Waals surface area contributed by atoms with Gasteiger partial charge in [0.15, 0.2) is 0 Å². The number of amides is 1. The van der Waals surface area contributed by atoms with Crippen molar-refractivity contribution in [1.29, 1.82) is 0 Å². The number of hydrogen-bond donors (Lipinski definition) is 0. The number of unbranched alkanes of at least 4 members (excludes halogenated alkanes) is 1. The fourth-order valence-electron chi connectivity index (χ4n) is 2.77. The molecule has 2 rings (SSSR count). The van der Waals surface area contributed by atoms with E-state index < -0.39 is 0 Å². The summed E-state index contributed by atoms with van der Waals surface area (Å²) >= 11 is 1.77. The highest BCUT2D eigenvalue weighted by Crippen LogP contribution is 2.38. The first kappa shape index (κ1) is 18.2. The molecule has 3 nitrogen and oxygen atoms in total. The predicted molar refractivity (Wildman–Crippen MR) is 99.5 cm³/mol. The first-order chi connectivity index (χ1) is 11.1. The number of nitrogens with zero attached hydrogens (tertiary/aromatic N) is 1. The standard InChI is InChI=1S/C19H29NO2S/c1-5-6-13-23-15(3)19(21)20(14(2)16-7-8-16)17-9-11-18(22-4)12-10-17/h9-12,14-16H,5-8,13H2,1-4H3. The number of methoxy groups -OCH3 is 1. The molecule has 2 atom stereocenters. The van der Waals surface area contributed by atoms with Crippen LogP contribution in [0.15, 0.2) is 24.3 Å². The summed E-state index contributed by atoms with van der Waals surface area (Å²) in [5, 5.41) is 0.00449. The summed E-state index contributed by atoms with van der Waals surface area (Å²) in [7, 11) is 1.66. The van der Waals surface area contributed by atoms with Gasteiger partial charge in [0.1, 0.15) is 5.75 Å². The number of hydrogen-bond acceptors (Lipinski definition) is 3. The van der Waals surface area contributed by atoms with E-state index in [0.717, 1.165) is 17.2 Å². The van der Waals surface area contributed by atoms with Crippen molar-refractivity contribution < 1.29 is 9.53 Å². The van der Waals surface area contributed by atoms with E-state index in [-0.39, 0.29) is 17.2 Å². The zero-order valence-electron chi connectivity index (χ0n) is 14.7.